The smallest absolute Gasteiger partial charge is 0.425 e. The van der Waals surface area contributed by atoms with Crippen molar-refractivity contribution in [1.29, 1.82) is 0 Å². The topological polar surface area (TPSA) is 165 Å². The zero-order valence-corrected chi connectivity index (χ0v) is 44.6. The Balaban J connectivity index is 1.24. The molecular weight excluding hydrogens is 972 g/mol. The summed E-state index contributed by atoms with van der Waals surface area (Å²) in [6.07, 6.45) is 0.101. The molecular formula is C57H65N8O9P. The van der Waals surface area contributed by atoms with Crippen molar-refractivity contribution in [3.8, 4) is 17.4 Å². The monoisotopic (exact) mass is 1040 g/mol. The first-order chi connectivity index (χ1) is 36.4. The lowest BCUT2D eigenvalue weighted by molar-refractivity contribution is -0.118. The fourth-order valence-electron chi connectivity index (χ4n) is 8.32. The van der Waals surface area contributed by atoms with Crippen molar-refractivity contribution in [2.24, 2.45) is 5.92 Å². The number of nitrogens with zero attached hydrogens (tertiary/aromatic N) is 7. The number of ether oxygens (including phenoxy) is 5. The van der Waals surface area contributed by atoms with Crippen molar-refractivity contribution < 1.29 is 42.3 Å². The van der Waals surface area contributed by atoms with Crippen LogP contribution in [0.1, 0.15) is 58.2 Å². The van der Waals surface area contributed by atoms with Gasteiger partial charge in [0, 0.05) is 24.5 Å². The first-order valence-corrected chi connectivity index (χ1v) is 25.9. The molecule has 18 heteroatoms. The second-order valence-corrected chi connectivity index (χ2v) is 19.6. The molecule has 0 radical (unpaired) electrons. The minimum Gasteiger partial charge on any atom is -0.497 e. The van der Waals surface area contributed by atoms with E-state index in [9.17, 15) is 9.59 Å². The Hall–Kier alpha value is -7.29. The van der Waals surface area contributed by atoms with E-state index in [1.165, 1.54) is 4.90 Å². The molecule has 0 saturated heterocycles. The standard InChI is InChI=1S/C57H65N8O9P/c1-40(2)53(66)61-55-60-52-51(54(62-55)74-56(67)64(46-21-15-11-16-22-46)47-23-17-12-18-24-47)59-39-63(52)34-36-70-50(38-73-75(72-35-33-58-7)65(41(3)4)42(5)6)37-71-57(43-19-13-10-14-20-43,44-25-29-48(68-8)30-26-44)45-27-31-49(69-9)32-28-45/h10-32,39-42,50H,33-38H2,1-6,8-9H3,(H,60,61,62,66)/t50-,75?/m1/s1. The van der Waals surface area contributed by atoms with Gasteiger partial charge in [0.1, 0.15) is 29.8 Å². The number of methoxy groups -OCH3 is 2. The quantitative estimate of drug-likeness (QED) is 0.0236. The third kappa shape index (κ3) is 13.9. The fraction of sp³-hybridized carbons (Fsp3) is 0.333. The maximum Gasteiger partial charge on any atom is 0.425 e. The molecule has 2 aromatic heterocycles. The fourth-order valence-corrected chi connectivity index (χ4v) is 9.94. The van der Waals surface area contributed by atoms with Gasteiger partial charge in [-0.2, -0.15) is 9.97 Å². The third-order valence-electron chi connectivity index (χ3n) is 12.0. The number of rotatable bonds is 26. The highest BCUT2D eigenvalue weighted by molar-refractivity contribution is 7.44. The third-order valence-corrected chi connectivity index (χ3v) is 14.0. The van der Waals surface area contributed by atoms with Gasteiger partial charge in [0.25, 0.3) is 14.4 Å². The molecule has 0 aliphatic rings. The SMILES string of the molecule is [C-]#[N+]CCOP(OC[C@@H](COC(c1ccccc1)(c1ccc(OC)cc1)c1ccc(OC)cc1)OCCn1cnc2c(OC(=O)N(c3ccccc3)c3ccccc3)nc(NC(=O)C(C)C)nc21)N(C(C)C)C(C)C. The normalized spacial score (nSPS) is 12.5. The maximum absolute atomic E-state index is 14.3. The first kappa shape index (κ1) is 55.5. The summed E-state index contributed by atoms with van der Waals surface area (Å²) in [6.45, 7) is 20.0. The van der Waals surface area contributed by atoms with Crippen LogP contribution in [0.5, 0.6) is 17.4 Å². The number of aromatic nitrogens is 4. The van der Waals surface area contributed by atoms with Gasteiger partial charge >= 0.3 is 6.09 Å². The number of carbonyl (C=O) groups is 2. The van der Waals surface area contributed by atoms with Crippen molar-refractivity contribution in [3.63, 3.8) is 0 Å². The molecule has 0 saturated carbocycles. The maximum atomic E-state index is 14.3. The molecule has 392 valence electrons. The van der Waals surface area contributed by atoms with Gasteiger partial charge in [-0.15, -0.1) is 0 Å². The molecule has 75 heavy (non-hydrogen) atoms. The number of fused-ring (bicyclic) bond motifs is 1. The second-order valence-electron chi connectivity index (χ2n) is 18.1. The van der Waals surface area contributed by atoms with Crippen LogP contribution < -0.4 is 24.4 Å². The molecule has 0 spiro atoms. The summed E-state index contributed by atoms with van der Waals surface area (Å²) in [5, 5.41) is 2.77. The number of hydrogen-bond donors (Lipinski definition) is 1. The number of nitrogens with one attached hydrogen (secondary N) is 1. The van der Waals surface area contributed by atoms with Crippen LogP contribution in [-0.2, 0) is 35.5 Å². The van der Waals surface area contributed by atoms with E-state index in [0.29, 0.717) is 22.9 Å². The van der Waals surface area contributed by atoms with Crippen LogP contribution in [0.15, 0.2) is 146 Å². The largest absolute Gasteiger partial charge is 0.497 e. The molecule has 7 rings (SSSR count). The summed E-state index contributed by atoms with van der Waals surface area (Å²) in [7, 11) is 1.61. The number of para-hydroxylation sites is 2. The second kappa shape index (κ2) is 26.8. The Labute approximate surface area is 440 Å². The Morgan fingerprint density at radius 1 is 0.707 bits per heavy atom. The van der Waals surface area contributed by atoms with Crippen molar-refractivity contribution in [2.75, 3.05) is 57.4 Å². The van der Waals surface area contributed by atoms with Crippen LogP contribution in [0.4, 0.5) is 22.1 Å². The number of benzene rings is 5. The van der Waals surface area contributed by atoms with Crippen LogP contribution >= 0.6 is 8.53 Å². The highest BCUT2D eigenvalue weighted by Gasteiger charge is 2.39. The highest BCUT2D eigenvalue weighted by atomic mass is 31.2. The van der Waals surface area contributed by atoms with Crippen LogP contribution in [0.3, 0.4) is 0 Å². The Bertz CT molecular complexity index is 2850. The first-order valence-electron chi connectivity index (χ1n) is 24.8. The van der Waals surface area contributed by atoms with Gasteiger partial charge in [-0.25, -0.2) is 25.9 Å². The van der Waals surface area contributed by atoms with E-state index >= 15 is 0 Å². The lowest BCUT2D eigenvalue weighted by Crippen LogP contribution is -2.38. The van der Waals surface area contributed by atoms with E-state index in [0.717, 1.165) is 16.7 Å². The van der Waals surface area contributed by atoms with Gasteiger partial charge in [-0.1, -0.05) is 105 Å². The average Bonchev–Trinajstić information content (AvgIpc) is 3.83. The summed E-state index contributed by atoms with van der Waals surface area (Å²) < 4.78 is 48.4. The molecule has 1 unspecified atom stereocenters. The Morgan fingerprint density at radius 2 is 1.25 bits per heavy atom. The van der Waals surface area contributed by atoms with E-state index in [4.69, 9.17) is 44.3 Å². The van der Waals surface area contributed by atoms with Crippen molar-refractivity contribution >= 4 is 49.0 Å². The molecule has 5 aromatic carbocycles. The predicted octanol–water partition coefficient (Wildman–Crippen LogP) is 11.5. The predicted molar refractivity (Wildman–Crippen MR) is 290 cm³/mol. The zero-order valence-electron chi connectivity index (χ0n) is 43.7. The summed E-state index contributed by atoms with van der Waals surface area (Å²) in [5.74, 6) is 0.425. The van der Waals surface area contributed by atoms with Crippen molar-refractivity contribution in [2.45, 2.75) is 71.9 Å². The van der Waals surface area contributed by atoms with E-state index < -0.39 is 32.2 Å². The molecule has 2 heterocycles. The molecule has 0 aliphatic carbocycles. The van der Waals surface area contributed by atoms with Crippen LogP contribution in [-0.4, -0.2) is 102 Å². The molecule has 2 atom stereocenters. The summed E-state index contributed by atoms with van der Waals surface area (Å²) in [6, 6.07) is 43.9. The summed E-state index contributed by atoms with van der Waals surface area (Å²) in [4.78, 5) is 46.1. The average molecular weight is 1040 g/mol. The molecule has 7 aromatic rings. The summed E-state index contributed by atoms with van der Waals surface area (Å²) >= 11 is 0. The van der Waals surface area contributed by atoms with Gasteiger partial charge < -0.3 is 42.1 Å². The van der Waals surface area contributed by atoms with Gasteiger partial charge in [-0.3, -0.25) is 10.1 Å². The number of hydrogen-bond acceptors (Lipinski definition) is 13. The number of anilines is 3. The van der Waals surface area contributed by atoms with Crippen molar-refractivity contribution in [1.82, 2.24) is 24.2 Å². The Kier molecular flexibility index (Phi) is 19.8. The minimum absolute atomic E-state index is 0.0270. The molecule has 0 aliphatic heterocycles. The van der Waals surface area contributed by atoms with Gasteiger partial charge in [0.05, 0.1) is 51.7 Å². The van der Waals surface area contributed by atoms with Crippen molar-refractivity contribution in [3.05, 3.63) is 174 Å². The Morgan fingerprint density at radius 3 is 1.77 bits per heavy atom. The highest BCUT2D eigenvalue weighted by Crippen LogP contribution is 2.47. The molecule has 0 fully saturated rings. The van der Waals surface area contributed by atoms with E-state index in [-0.39, 0.29) is 80.5 Å². The number of imidazole rings is 1. The lowest BCUT2D eigenvalue weighted by atomic mass is 9.80. The number of carbonyl (C=O) groups excluding carboxylic acids is 2. The van der Waals surface area contributed by atoms with E-state index in [1.54, 1.807) is 63.2 Å². The zero-order chi connectivity index (χ0) is 53.3. The van der Waals surface area contributed by atoms with Crippen LogP contribution in [0, 0.1) is 12.5 Å². The molecule has 1 N–H and O–H groups in total. The minimum atomic E-state index is -1.65. The van der Waals surface area contributed by atoms with E-state index in [1.807, 2.05) is 115 Å². The van der Waals surface area contributed by atoms with Crippen LogP contribution in [0.25, 0.3) is 16.0 Å². The van der Waals surface area contributed by atoms with E-state index in [2.05, 4.69) is 52.5 Å². The molecule has 0 bridgehead atoms. The van der Waals surface area contributed by atoms with Crippen LogP contribution in [0.2, 0.25) is 0 Å². The molecule has 2 amide bonds. The summed E-state index contributed by atoms with van der Waals surface area (Å²) in [5.41, 5.74) is 2.98. The van der Waals surface area contributed by atoms with Gasteiger partial charge in [0.15, 0.2) is 11.2 Å². The van der Waals surface area contributed by atoms with Gasteiger partial charge in [-0.05, 0) is 92.9 Å². The van der Waals surface area contributed by atoms with Gasteiger partial charge in [0.2, 0.25) is 18.4 Å². The molecule has 17 nitrogen and oxygen atoms in total. The number of amides is 2. The lowest BCUT2D eigenvalue weighted by Gasteiger charge is -2.38.